The summed E-state index contributed by atoms with van der Waals surface area (Å²) < 4.78 is 9.96. The lowest BCUT2D eigenvalue weighted by Gasteiger charge is -2.23. The molecule has 9 nitrogen and oxygen atoms in total. The molecule has 0 bridgehead atoms. The molecule has 0 heterocycles. The summed E-state index contributed by atoms with van der Waals surface area (Å²) in [6.07, 6.45) is 11.1. The summed E-state index contributed by atoms with van der Waals surface area (Å²) in [5.41, 5.74) is -2.70. The van der Waals surface area contributed by atoms with Crippen LogP contribution >= 0.6 is 0 Å². The van der Waals surface area contributed by atoms with Crippen LogP contribution in [0.3, 0.4) is 0 Å². The minimum absolute atomic E-state index is 0.307. The van der Waals surface area contributed by atoms with Gasteiger partial charge in [-0.15, -0.1) is 0 Å². The number of aliphatic hydroxyl groups excluding tert-OH is 2. The molecule has 0 rings (SSSR count). The van der Waals surface area contributed by atoms with Crippen LogP contribution in [0.4, 0.5) is 0 Å². The molecule has 0 aliphatic heterocycles. The number of carbonyl (C=O) groups is 3. The number of rotatable bonds is 25. The molecule has 224 valence electrons. The van der Waals surface area contributed by atoms with Crippen LogP contribution in [-0.4, -0.2) is 69.4 Å². The van der Waals surface area contributed by atoms with Crippen LogP contribution in [0.15, 0.2) is 0 Å². The van der Waals surface area contributed by atoms with Crippen molar-refractivity contribution in [3.8, 4) is 0 Å². The molecular formula is C29H54O9. The molecule has 0 fully saturated rings. The van der Waals surface area contributed by atoms with Crippen molar-refractivity contribution in [2.75, 3.05) is 13.2 Å². The van der Waals surface area contributed by atoms with Crippen molar-refractivity contribution in [2.24, 2.45) is 5.92 Å². The van der Waals surface area contributed by atoms with Crippen molar-refractivity contribution < 1.29 is 44.3 Å². The van der Waals surface area contributed by atoms with Crippen molar-refractivity contribution in [1.82, 2.24) is 0 Å². The molecular weight excluding hydrogens is 492 g/mol. The Morgan fingerprint density at radius 2 is 1.11 bits per heavy atom. The Hall–Kier alpha value is -1.71. The third-order valence-electron chi connectivity index (χ3n) is 6.82. The van der Waals surface area contributed by atoms with Gasteiger partial charge in [0.25, 0.3) is 0 Å². The first kappa shape index (κ1) is 36.3. The average molecular weight is 547 g/mol. The maximum Gasteiger partial charge on any atom is 0.336 e. The normalized spacial score (nSPS) is 14.6. The van der Waals surface area contributed by atoms with Crippen LogP contribution in [0.5, 0.6) is 0 Å². The van der Waals surface area contributed by atoms with Gasteiger partial charge in [0.2, 0.25) is 0 Å². The van der Waals surface area contributed by atoms with E-state index in [1.807, 2.05) is 0 Å². The van der Waals surface area contributed by atoms with Crippen molar-refractivity contribution in [3.63, 3.8) is 0 Å². The minimum Gasteiger partial charge on any atom is -0.479 e. The summed E-state index contributed by atoms with van der Waals surface area (Å²) in [4.78, 5) is 36.0. The molecule has 0 aromatic carbocycles. The molecule has 0 aliphatic carbocycles. The Morgan fingerprint density at radius 1 is 0.658 bits per heavy atom. The fourth-order valence-electron chi connectivity index (χ4n) is 4.41. The van der Waals surface area contributed by atoms with Gasteiger partial charge >= 0.3 is 17.9 Å². The van der Waals surface area contributed by atoms with Crippen LogP contribution in [0.2, 0.25) is 0 Å². The highest BCUT2D eigenvalue weighted by Gasteiger charge is 2.42. The van der Waals surface area contributed by atoms with Gasteiger partial charge in [-0.25, -0.2) is 4.79 Å². The van der Waals surface area contributed by atoms with Crippen LogP contribution in [0.25, 0.3) is 0 Å². The third kappa shape index (κ3) is 18.5. The number of aliphatic carboxylic acids is 1. The van der Waals surface area contributed by atoms with Crippen molar-refractivity contribution in [3.05, 3.63) is 0 Å². The smallest absolute Gasteiger partial charge is 0.336 e. The summed E-state index contributed by atoms with van der Waals surface area (Å²) in [6, 6.07) is 0. The Morgan fingerprint density at radius 3 is 1.58 bits per heavy atom. The fourth-order valence-corrected chi connectivity index (χ4v) is 4.41. The summed E-state index contributed by atoms with van der Waals surface area (Å²) in [6.45, 7) is 5.75. The number of esters is 2. The highest BCUT2D eigenvalue weighted by atomic mass is 16.5. The molecule has 0 saturated carbocycles. The topological polar surface area (TPSA) is 151 Å². The van der Waals surface area contributed by atoms with Crippen molar-refractivity contribution >= 4 is 17.9 Å². The van der Waals surface area contributed by atoms with E-state index in [0.717, 1.165) is 64.2 Å². The van der Waals surface area contributed by atoms with Crippen LogP contribution < -0.4 is 0 Å². The second-order valence-electron chi connectivity index (χ2n) is 10.7. The molecule has 0 aromatic rings. The first-order chi connectivity index (χ1) is 18.1. The molecule has 0 amide bonds. The van der Waals surface area contributed by atoms with Gasteiger partial charge in [-0.05, 0) is 18.8 Å². The summed E-state index contributed by atoms with van der Waals surface area (Å²) >= 11 is 0. The van der Waals surface area contributed by atoms with Crippen LogP contribution in [0, 0.1) is 5.92 Å². The average Bonchev–Trinajstić information content (AvgIpc) is 2.87. The Labute approximate surface area is 229 Å². The number of hydrogen-bond donors (Lipinski definition) is 4. The zero-order chi connectivity index (χ0) is 28.8. The molecule has 0 radical (unpaired) electrons. The van der Waals surface area contributed by atoms with Crippen LogP contribution in [0.1, 0.15) is 130 Å². The number of aliphatic hydroxyl groups is 3. The number of unbranched alkanes of at least 4 members (excludes halogenated alkanes) is 8. The van der Waals surface area contributed by atoms with E-state index < -0.39 is 48.6 Å². The lowest BCUT2D eigenvalue weighted by Crippen LogP contribution is -2.44. The minimum atomic E-state index is -2.70. The van der Waals surface area contributed by atoms with E-state index in [1.54, 1.807) is 0 Å². The molecule has 0 saturated heterocycles. The van der Waals surface area contributed by atoms with Gasteiger partial charge in [0, 0.05) is 0 Å². The molecule has 38 heavy (non-hydrogen) atoms. The molecule has 4 N–H and O–H groups in total. The first-order valence-electron chi connectivity index (χ1n) is 14.7. The lowest BCUT2D eigenvalue weighted by molar-refractivity contribution is -0.174. The summed E-state index contributed by atoms with van der Waals surface area (Å²) in [5.74, 6) is -3.50. The largest absolute Gasteiger partial charge is 0.479 e. The monoisotopic (exact) mass is 546 g/mol. The van der Waals surface area contributed by atoms with Gasteiger partial charge in [0.05, 0.1) is 25.0 Å². The Balaban J connectivity index is 4.48. The standard InChI is InChI=1S/C29H54O9/c1-4-7-10-11-12-13-14-17-24(30)21-37-26(32)19-29(36,28(34)35)20-27(33)38-22-25(31)18-23(15-8-5-2)16-9-6-3/h23-25,30-31,36H,4-22H2,1-3H3,(H,34,35). The second-order valence-corrected chi connectivity index (χ2v) is 10.7. The van der Waals surface area contributed by atoms with E-state index in [4.69, 9.17) is 9.47 Å². The van der Waals surface area contributed by atoms with E-state index in [9.17, 15) is 34.8 Å². The zero-order valence-electron chi connectivity index (χ0n) is 24.0. The number of ether oxygens (including phenoxy) is 2. The van der Waals surface area contributed by atoms with E-state index in [-0.39, 0.29) is 13.2 Å². The predicted octanol–water partition coefficient (Wildman–Crippen LogP) is 4.92. The molecule has 9 heteroatoms. The van der Waals surface area contributed by atoms with Gasteiger partial charge in [0.15, 0.2) is 5.60 Å². The van der Waals surface area contributed by atoms with Crippen LogP contribution in [-0.2, 0) is 23.9 Å². The van der Waals surface area contributed by atoms with Gasteiger partial charge in [0.1, 0.15) is 13.2 Å². The van der Waals surface area contributed by atoms with E-state index in [0.29, 0.717) is 18.8 Å². The van der Waals surface area contributed by atoms with E-state index in [1.165, 1.54) is 19.3 Å². The first-order valence-corrected chi connectivity index (χ1v) is 14.7. The number of carboxylic acids is 1. The van der Waals surface area contributed by atoms with Crippen molar-refractivity contribution in [1.29, 1.82) is 0 Å². The van der Waals surface area contributed by atoms with Gasteiger partial charge in [-0.2, -0.15) is 0 Å². The molecule has 3 atom stereocenters. The van der Waals surface area contributed by atoms with Gasteiger partial charge < -0.3 is 29.9 Å². The Bertz CT molecular complexity index is 632. The van der Waals surface area contributed by atoms with Crippen molar-refractivity contribution in [2.45, 2.75) is 148 Å². The predicted molar refractivity (Wildman–Crippen MR) is 146 cm³/mol. The highest BCUT2D eigenvalue weighted by molar-refractivity contribution is 5.89. The number of carboxylic acid groups (broad SMARTS) is 1. The summed E-state index contributed by atoms with van der Waals surface area (Å²) in [7, 11) is 0. The Kier molecular flexibility index (Phi) is 21.1. The molecule has 0 spiro atoms. The highest BCUT2D eigenvalue weighted by Crippen LogP contribution is 2.22. The van der Waals surface area contributed by atoms with Gasteiger partial charge in [-0.3, -0.25) is 9.59 Å². The summed E-state index contributed by atoms with van der Waals surface area (Å²) in [5, 5.41) is 40.2. The maximum atomic E-state index is 12.2. The SMILES string of the molecule is CCCCCCCCCC(O)COC(=O)CC(O)(CC(=O)OCC(O)CC(CCCC)CCCC)C(=O)O. The zero-order valence-corrected chi connectivity index (χ0v) is 24.0. The lowest BCUT2D eigenvalue weighted by atomic mass is 9.91. The van der Waals surface area contributed by atoms with E-state index >= 15 is 0 Å². The molecule has 0 aromatic heterocycles. The number of hydrogen-bond acceptors (Lipinski definition) is 8. The maximum absolute atomic E-state index is 12.2. The van der Waals surface area contributed by atoms with Gasteiger partial charge in [-0.1, -0.05) is 104 Å². The third-order valence-corrected chi connectivity index (χ3v) is 6.82. The number of carbonyl (C=O) groups excluding carboxylic acids is 2. The molecule has 0 aliphatic rings. The fraction of sp³-hybridized carbons (Fsp3) is 0.897. The molecule has 3 unspecified atom stereocenters. The van der Waals surface area contributed by atoms with E-state index in [2.05, 4.69) is 20.8 Å². The quantitative estimate of drug-likeness (QED) is 0.0924. The second kappa shape index (κ2) is 22.1.